The smallest absolute Gasteiger partial charge is 0.355 e. The van der Waals surface area contributed by atoms with Crippen LogP contribution in [0.2, 0.25) is 0 Å². The van der Waals surface area contributed by atoms with Gasteiger partial charge in [0.2, 0.25) is 0 Å². The summed E-state index contributed by atoms with van der Waals surface area (Å²) in [7, 11) is 1.95. The van der Waals surface area contributed by atoms with Gasteiger partial charge in [-0.2, -0.15) is 0 Å². The first-order valence-electron chi connectivity index (χ1n) is 7.80. The summed E-state index contributed by atoms with van der Waals surface area (Å²) < 4.78 is 7.29. The molecule has 4 heteroatoms. The topological polar surface area (TPSA) is 43.3 Å². The summed E-state index contributed by atoms with van der Waals surface area (Å²) >= 11 is 0. The molecule has 1 aromatic carbocycles. The van der Waals surface area contributed by atoms with Crippen LogP contribution in [0.25, 0.3) is 16.5 Å². The molecule has 2 heterocycles. The first kappa shape index (κ1) is 14.9. The van der Waals surface area contributed by atoms with Gasteiger partial charge in [-0.3, -0.25) is 0 Å². The van der Waals surface area contributed by atoms with Gasteiger partial charge in [-0.15, -0.1) is 0 Å². The predicted molar refractivity (Wildman–Crippen MR) is 89.1 cm³/mol. The van der Waals surface area contributed by atoms with Crippen molar-refractivity contribution in [3.05, 3.63) is 41.1 Å². The molecular weight excluding hydrogens is 276 g/mol. The van der Waals surface area contributed by atoms with Gasteiger partial charge in [0.1, 0.15) is 5.69 Å². The molecule has 4 nitrogen and oxygen atoms in total. The Kier molecular flexibility index (Phi) is 4.03. The fraction of sp³-hybridized carbons (Fsp3) is 0.389. The van der Waals surface area contributed by atoms with Crippen LogP contribution in [0.3, 0.4) is 0 Å². The molecule has 1 aliphatic heterocycles. The molecular formula is C18H22N2O2. The summed E-state index contributed by atoms with van der Waals surface area (Å²) in [5.41, 5.74) is 5.23. The Morgan fingerprint density at radius 3 is 2.91 bits per heavy atom. The van der Waals surface area contributed by atoms with Crippen LogP contribution in [0.4, 0.5) is 0 Å². The number of hydrogen-bond acceptors (Lipinski definition) is 3. The average molecular weight is 298 g/mol. The molecule has 0 atom stereocenters. The van der Waals surface area contributed by atoms with E-state index in [1.165, 1.54) is 11.1 Å². The number of fused-ring (bicyclic) bond motifs is 1. The minimum Gasteiger partial charge on any atom is -0.461 e. The van der Waals surface area contributed by atoms with Crippen LogP contribution in [-0.4, -0.2) is 30.2 Å². The highest BCUT2D eigenvalue weighted by molar-refractivity contribution is 6.06. The first-order chi connectivity index (χ1) is 10.6. The van der Waals surface area contributed by atoms with Gasteiger partial charge in [0.25, 0.3) is 0 Å². The maximum absolute atomic E-state index is 12.5. The molecule has 0 bridgehead atoms. The van der Waals surface area contributed by atoms with Crippen LogP contribution >= 0.6 is 0 Å². The molecule has 0 saturated carbocycles. The Morgan fingerprint density at radius 1 is 1.41 bits per heavy atom. The normalized spacial score (nSPS) is 15.0. The molecule has 22 heavy (non-hydrogen) atoms. The van der Waals surface area contributed by atoms with E-state index in [1.54, 1.807) is 0 Å². The monoisotopic (exact) mass is 298 g/mol. The second kappa shape index (κ2) is 5.97. The maximum atomic E-state index is 12.5. The number of para-hydroxylation sites is 1. The van der Waals surface area contributed by atoms with Crippen molar-refractivity contribution in [3.8, 4) is 0 Å². The quantitative estimate of drug-likeness (QED) is 0.886. The summed E-state index contributed by atoms with van der Waals surface area (Å²) in [5.74, 6) is -0.241. The van der Waals surface area contributed by atoms with Gasteiger partial charge in [-0.1, -0.05) is 24.3 Å². The number of rotatable bonds is 3. The van der Waals surface area contributed by atoms with Crippen molar-refractivity contribution in [2.24, 2.45) is 7.05 Å². The second-order valence-electron chi connectivity index (χ2n) is 5.66. The fourth-order valence-corrected chi connectivity index (χ4v) is 3.33. The molecule has 0 radical (unpaired) electrons. The SMILES string of the molecule is CCOC(=O)c1c(C2=CCNCC2)c2cccc(C)c2n1C. The number of aryl methyl sites for hydroxylation is 2. The molecule has 1 N–H and O–H groups in total. The van der Waals surface area contributed by atoms with Crippen molar-refractivity contribution < 1.29 is 9.53 Å². The van der Waals surface area contributed by atoms with Gasteiger partial charge in [0, 0.05) is 24.5 Å². The van der Waals surface area contributed by atoms with Gasteiger partial charge < -0.3 is 14.6 Å². The highest BCUT2D eigenvalue weighted by atomic mass is 16.5. The van der Waals surface area contributed by atoms with E-state index in [9.17, 15) is 4.79 Å². The van der Waals surface area contributed by atoms with E-state index in [1.807, 2.05) is 18.5 Å². The van der Waals surface area contributed by atoms with E-state index in [0.29, 0.717) is 12.3 Å². The second-order valence-corrected chi connectivity index (χ2v) is 5.66. The van der Waals surface area contributed by atoms with E-state index in [-0.39, 0.29) is 5.97 Å². The number of carbonyl (C=O) groups excluding carboxylic acids is 1. The molecule has 0 aliphatic carbocycles. The average Bonchev–Trinajstić information content (AvgIpc) is 2.82. The van der Waals surface area contributed by atoms with E-state index in [0.717, 1.165) is 36.0 Å². The van der Waals surface area contributed by atoms with E-state index in [2.05, 4.69) is 36.5 Å². The van der Waals surface area contributed by atoms with Gasteiger partial charge in [0.05, 0.1) is 12.1 Å². The maximum Gasteiger partial charge on any atom is 0.355 e. The van der Waals surface area contributed by atoms with Gasteiger partial charge in [-0.25, -0.2) is 4.79 Å². The van der Waals surface area contributed by atoms with Crippen LogP contribution in [-0.2, 0) is 11.8 Å². The third-order valence-electron chi connectivity index (χ3n) is 4.27. The Labute approximate surface area is 130 Å². The Hall–Kier alpha value is -2.07. The number of nitrogens with one attached hydrogen (secondary N) is 1. The number of carbonyl (C=O) groups is 1. The van der Waals surface area contributed by atoms with Gasteiger partial charge >= 0.3 is 5.97 Å². The van der Waals surface area contributed by atoms with Crippen LogP contribution in [0, 0.1) is 6.92 Å². The number of aromatic nitrogens is 1. The van der Waals surface area contributed by atoms with Gasteiger partial charge in [0.15, 0.2) is 0 Å². The lowest BCUT2D eigenvalue weighted by Gasteiger charge is -2.15. The number of nitrogens with zero attached hydrogens (tertiary/aromatic N) is 1. The fourth-order valence-electron chi connectivity index (χ4n) is 3.33. The number of hydrogen-bond donors (Lipinski definition) is 1. The zero-order chi connectivity index (χ0) is 15.7. The number of benzene rings is 1. The Bertz CT molecular complexity index is 756. The molecule has 0 spiro atoms. The molecule has 3 rings (SSSR count). The Morgan fingerprint density at radius 2 is 2.23 bits per heavy atom. The predicted octanol–water partition coefficient (Wildman–Crippen LogP) is 3.04. The zero-order valence-corrected chi connectivity index (χ0v) is 13.4. The molecule has 116 valence electrons. The number of ether oxygens (including phenoxy) is 1. The first-order valence-corrected chi connectivity index (χ1v) is 7.80. The standard InChI is InChI=1S/C18H22N2O2/c1-4-22-18(21)17-15(13-8-10-19-11-9-13)14-7-5-6-12(2)16(14)20(17)3/h5-8,19H,4,9-11H2,1-3H3. The van der Waals surface area contributed by atoms with E-state index < -0.39 is 0 Å². The van der Waals surface area contributed by atoms with Crippen molar-refractivity contribution >= 4 is 22.4 Å². The molecule has 0 unspecified atom stereocenters. The van der Waals surface area contributed by atoms with Crippen LogP contribution in [0.1, 0.15) is 35.0 Å². The van der Waals surface area contributed by atoms with Crippen LogP contribution in [0.15, 0.2) is 24.3 Å². The molecule has 2 aromatic rings. The van der Waals surface area contributed by atoms with Crippen molar-refractivity contribution in [2.45, 2.75) is 20.3 Å². The zero-order valence-electron chi connectivity index (χ0n) is 13.4. The van der Waals surface area contributed by atoms with Crippen molar-refractivity contribution in [2.75, 3.05) is 19.7 Å². The summed E-state index contributed by atoms with van der Waals surface area (Å²) in [4.78, 5) is 12.5. The molecule has 1 aromatic heterocycles. The lowest BCUT2D eigenvalue weighted by atomic mass is 9.96. The summed E-state index contributed by atoms with van der Waals surface area (Å²) in [6, 6.07) is 6.23. The van der Waals surface area contributed by atoms with Crippen molar-refractivity contribution in [1.82, 2.24) is 9.88 Å². The molecule has 0 amide bonds. The molecule has 0 fully saturated rings. The minimum atomic E-state index is -0.241. The van der Waals surface area contributed by atoms with Crippen LogP contribution in [0.5, 0.6) is 0 Å². The molecule has 1 aliphatic rings. The third-order valence-corrected chi connectivity index (χ3v) is 4.27. The minimum absolute atomic E-state index is 0.241. The largest absolute Gasteiger partial charge is 0.461 e. The highest BCUT2D eigenvalue weighted by Crippen LogP contribution is 2.35. The third kappa shape index (κ3) is 2.33. The summed E-state index contributed by atoms with van der Waals surface area (Å²) in [6.07, 6.45) is 3.11. The summed E-state index contributed by atoms with van der Waals surface area (Å²) in [6.45, 7) is 6.10. The van der Waals surface area contributed by atoms with Gasteiger partial charge in [-0.05, 0) is 37.9 Å². The number of esters is 1. The van der Waals surface area contributed by atoms with Crippen molar-refractivity contribution in [3.63, 3.8) is 0 Å². The lowest BCUT2D eigenvalue weighted by molar-refractivity contribution is 0.0515. The van der Waals surface area contributed by atoms with Crippen molar-refractivity contribution in [1.29, 1.82) is 0 Å². The lowest BCUT2D eigenvalue weighted by Crippen LogP contribution is -2.21. The summed E-state index contributed by atoms with van der Waals surface area (Å²) in [5, 5.41) is 4.46. The van der Waals surface area contributed by atoms with E-state index in [4.69, 9.17) is 4.74 Å². The van der Waals surface area contributed by atoms with Crippen LogP contribution < -0.4 is 5.32 Å². The van der Waals surface area contributed by atoms with E-state index >= 15 is 0 Å². The Balaban J connectivity index is 2.31. The highest BCUT2D eigenvalue weighted by Gasteiger charge is 2.25. The molecule has 0 saturated heterocycles.